The lowest BCUT2D eigenvalue weighted by Crippen LogP contribution is -2.34. The molecule has 4 aromatic rings. The molecule has 32 heavy (non-hydrogen) atoms. The number of carbonyl (C=O) groups excluding carboxylic acids is 1. The van der Waals surface area contributed by atoms with Crippen molar-refractivity contribution in [3.05, 3.63) is 119 Å². The molecule has 1 aliphatic heterocycles. The molecule has 5 rings (SSSR count). The van der Waals surface area contributed by atoms with E-state index in [4.69, 9.17) is 9.47 Å². The maximum atomic E-state index is 11.9. The first-order valence-corrected chi connectivity index (χ1v) is 10.9. The van der Waals surface area contributed by atoms with Gasteiger partial charge in [0.1, 0.15) is 5.75 Å². The Labute approximate surface area is 188 Å². The Morgan fingerprint density at radius 1 is 0.812 bits per heavy atom. The maximum absolute atomic E-state index is 11.9. The Kier molecular flexibility index (Phi) is 6.09. The van der Waals surface area contributed by atoms with Crippen molar-refractivity contribution in [3.63, 3.8) is 0 Å². The van der Waals surface area contributed by atoms with E-state index in [1.54, 1.807) is 6.07 Å². The molecule has 0 N–H and O–H groups in total. The summed E-state index contributed by atoms with van der Waals surface area (Å²) in [7, 11) is 1.39. The Morgan fingerprint density at radius 2 is 1.44 bits per heavy atom. The SMILES string of the molecule is CC.COC(=O)c1ccc2c3c(ccc2c1)OC(c1ccccc1)(c1ccccc1)C=C3. The number of hydrogen-bond acceptors (Lipinski definition) is 3. The van der Waals surface area contributed by atoms with Crippen molar-refractivity contribution in [2.45, 2.75) is 19.4 Å². The fourth-order valence-corrected chi connectivity index (χ4v) is 4.10. The third kappa shape index (κ3) is 3.67. The fraction of sp³-hybridized carbons (Fsp3) is 0.138. The van der Waals surface area contributed by atoms with Crippen LogP contribution in [0.4, 0.5) is 0 Å². The summed E-state index contributed by atoms with van der Waals surface area (Å²) in [5, 5.41) is 2.00. The molecule has 1 heterocycles. The Bertz CT molecular complexity index is 1220. The quantitative estimate of drug-likeness (QED) is 0.333. The molecule has 0 unspecified atom stereocenters. The van der Waals surface area contributed by atoms with Crippen molar-refractivity contribution in [1.82, 2.24) is 0 Å². The van der Waals surface area contributed by atoms with E-state index in [1.165, 1.54) is 7.11 Å². The van der Waals surface area contributed by atoms with E-state index in [0.29, 0.717) is 5.56 Å². The number of ether oxygens (including phenoxy) is 2. The van der Waals surface area contributed by atoms with E-state index in [-0.39, 0.29) is 5.97 Å². The monoisotopic (exact) mass is 422 g/mol. The second-order valence-corrected chi connectivity index (χ2v) is 7.31. The van der Waals surface area contributed by atoms with Gasteiger partial charge in [0.15, 0.2) is 5.60 Å². The van der Waals surface area contributed by atoms with Gasteiger partial charge < -0.3 is 9.47 Å². The van der Waals surface area contributed by atoms with Crippen LogP contribution in [0.25, 0.3) is 16.8 Å². The molecule has 0 radical (unpaired) electrons. The predicted octanol–water partition coefficient (Wildman–Crippen LogP) is 7.00. The lowest BCUT2D eigenvalue weighted by atomic mass is 9.83. The highest BCUT2D eigenvalue weighted by molar-refractivity contribution is 5.99. The first-order chi connectivity index (χ1) is 15.7. The van der Waals surface area contributed by atoms with Gasteiger partial charge in [-0.25, -0.2) is 4.79 Å². The second-order valence-electron chi connectivity index (χ2n) is 7.31. The van der Waals surface area contributed by atoms with E-state index in [9.17, 15) is 4.79 Å². The van der Waals surface area contributed by atoms with Crippen LogP contribution in [0.1, 0.15) is 40.9 Å². The molecule has 160 valence electrons. The van der Waals surface area contributed by atoms with E-state index >= 15 is 0 Å². The zero-order valence-electron chi connectivity index (χ0n) is 18.5. The summed E-state index contributed by atoms with van der Waals surface area (Å²) in [4.78, 5) is 11.9. The number of fused-ring (bicyclic) bond motifs is 3. The van der Waals surface area contributed by atoms with Crippen molar-refractivity contribution in [1.29, 1.82) is 0 Å². The molecular formula is C29H26O3. The lowest BCUT2D eigenvalue weighted by molar-refractivity contribution is 0.0601. The summed E-state index contributed by atoms with van der Waals surface area (Å²) in [6.07, 6.45) is 4.24. The standard InChI is InChI=1S/C27H20O3.C2H6/c1-29-26(28)20-12-14-23-19(18-20)13-15-25-24(23)16-17-27(30-25,21-8-4-2-5-9-21)22-10-6-3-7-11-22;1-2/h2-18H,1H3;1-2H3. The molecule has 0 saturated carbocycles. The molecule has 0 saturated heterocycles. The number of esters is 1. The van der Waals surface area contributed by atoms with E-state index < -0.39 is 5.60 Å². The average Bonchev–Trinajstić information content (AvgIpc) is 2.89. The van der Waals surface area contributed by atoms with Crippen molar-refractivity contribution < 1.29 is 14.3 Å². The molecule has 0 fully saturated rings. The molecule has 0 aromatic heterocycles. The molecule has 1 aliphatic rings. The molecule has 0 bridgehead atoms. The molecule has 0 amide bonds. The van der Waals surface area contributed by atoms with E-state index in [0.717, 1.165) is 33.2 Å². The van der Waals surface area contributed by atoms with Gasteiger partial charge >= 0.3 is 5.97 Å². The van der Waals surface area contributed by atoms with Crippen LogP contribution in [0, 0.1) is 0 Å². The van der Waals surface area contributed by atoms with Gasteiger partial charge in [0.25, 0.3) is 0 Å². The smallest absolute Gasteiger partial charge is 0.337 e. The first kappa shape index (κ1) is 21.4. The van der Waals surface area contributed by atoms with Gasteiger partial charge in [-0.05, 0) is 41.1 Å². The topological polar surface area (TPSA) is 35.5 Å². The predicted molar refractivity (Wildman–Crippen MR) is 130 cm³/mol. The van der Waals surface area contributed by atoms with Crippen molar-refractivity contribution in [2.24, 2.45) is 0 Å². The summed E-state index contributed by atoms with van der Waals surface area (Å²) in [6.45, 7) is 4.00. The Morgan fingerprint density at radius 3 is 2.03 bits per heavy atom. The third-order valence-corrected chi connectivity index (χ3v) is 5.60. The number of carbonyl (C=O) groups is 1. The normalized spacial score (nSPS) is 13.3. The molecule has 0 atom stereocenters. The highest BCUT2D eigenvalue weighted by atomic mass is 16.5. The highest BCUT2D eigenvalue weighted by Crippen LogP contribution is 2.44. The number of methoxy groups -OCH3 is 1. The molecule has 0 aliphatic carbocycles. The van der Waals surface area contributed by atoms with Crippen LogP contribution < -0.4 is 4.74 Å². The van der Waals surface area contributed by atoms with Crippen molar-refractivity contribution in [3.8, 4) is 5.75 Å². The van der Waals surface area contributed by atoms with Crippen LogP contribution in [0.15, 0.2) is 97.1 Å². The number of hydrogen-bond donors (Lipinski definition) is 0. The largest absolute Gasteiger partial charge is 0.473 e. The summed E-state index contributed by atoms with van der Waals surface area (Å²) in [6, 6.07) is 30.0. The first-order valence-electron chi connectivity index (χ1n) is 10.9. The van der Waals surface area contributed by atoms with E-state index in [2.05, 4.69) is 36.4 Å². The van der Waals surface area contributed by atoms with Crippen molar-refractivity contribution in [2.75, 3.05) is 7.11 Å². The maximum Gasteiger partial charge on any atom is 0.337 e. The summed E-state index contributed by atoms with van der Waals surface area (Å²) < 4.78 is 11.6. The van der Waals surface area contributed by atoms with Gasteiger partial charge in [-0.2, -0.15) is 0 Å². The summed E-state index contributed by atoms with van der Waals surface area (Å²) in [5.41, 5.74) is 2.98. The van der Waals surface area contributed by atoms with Gasteiger partial charge in [0.2, 0.25) is 0 Å². The molecule has 0 spiro atoms. The van der Waals surface area contributed by atoms with Gasteiger partial charge in [0, 0.05) is 16.7 Å². The number of benzene rings is 4. The van der Waals surface area contributed by atoms with E-state index in [1.807, 2.05) is 74.5 Å². The third-order valence-electron chi connectivity index (χ3n) is 5.60. The zero-order valence-corrected chi connectivity index (χ0v) is 18.5. The fourth-order valence-electron chi connectivity index (χ4n) is 4.10. The molecule has 3 heteroatoms. The van der Waals surface area contributed by atoms with Crippen LogP contribution in [0.5, 0.6) is 5.75 Å². The van der Waals surface area contributed by atoms with Crippen LogP contribution in [-0.4, -0.2) is 13.1 Å². The minimum atomic E-state index is -0.699. The summed E-state index contributed by atoms with van der Waals surface area (Å²) in [5.74, 6) is 0.470. The van der Waals surface area contributed by atoms with Crippen LogP contribution in [-0.2, 0) is 10.3 Å². The summed E-state index contributed by atoms with van der Waals surface area (Å²) >= 11 is 0. The van der Waals surface area contributed by atoms with Gasteiger partial charge in [0.05, 0.1) is 12.7 Å². The van der Waals surface area contributed by atoms with Gasteiger partial charge in [-0.3, -0.25) is 0 Å². The molecule has 3 nitrogen and oxygen atoms in total. The highest BCUT2D eigenvalue weighted by Gasteiger charge is 2.37. The van der Waals surface area contributed by atoms with Gasteiger partial charge in [-0.1, -0.05) is 86.6 Å². The zero-order chi connectivity index (χ0) is 22.6. The van der Waals surface area contributed by atoms with Crippen LogP contribution >= 0.6 is 0 Å². The Balaban J connectivity index is 0.00000119. The van der Waals surface area contributed by atoms with Crippen LogP contribution in [0.3, 0.4) is 0 Å². The Hall–Kier alpha value is -3.85. The average molecular weight is 423 g/mol. The van der Waals surface area contributed by atoms with Crippen molar-refractivity contribution >= 4 is 22.8 Å². The molecule has 4 aromatic carbocycles. The minimum absolute atomic E-state index is 0.339. The van der Waals surface area contributed by atoms with Gasteiger partial charge in [-0.15, -0.1) is 0 Å². The second kappa shape index (κ2) is 9.11. The van der Waals surface area contributed by atoms with Crippen LogP contribution in [0.2, 0.25) is 0 Å². The molecular weight excluding hydrogens is 396 g/mol. The minimum Gasteiger partial charge on any atom is -0.473 e. The number of rotatable bonds is 3. The lowest BCUT2D eigenvalue weighted by Gasteiger charge is -2.36.